The monoisotopic (exact) mass is 379 g/mol. The Kier molecular flexibility index (Phi) is 5.12. The number of morpholine rings is 1. The second kappa shape index (κ2) is 7.18. The van der Waals surface area contributed by atoms with Gasteiger partial charge in [0.1, 0.15) is 5.75 Å². The number of benzene rings is 1. The molecule has 9 heteroatoms. The van der Waals surface area contributed by atoms with E-state index in [1.807, 2.05) is 0 Å². The first-order chi connectivity index (χ1) is 12.3. The average molecular weight is 379 g/mol. The summed E-state index contributed by atoms with van der Waals surface area (Å²) in [6.45, 7) is 4.83. The predicted octanol–water partition coefficient (Wildman–Crippen LogP) is 1.22. The maximum Gasteiger partial charge on any atom is 0.282 e. The molecule has 0 spiro atoms. The Morgan fingerprint density at radius 2 is 1.88 bits per heavy atom. The van der Waals surface area contributed by atoms with E-state index in [9.17, 15) is 13.2 Å². The molecule has 0 amide bonds. The van der Waals surface area contributed by atoms with E-state index < -0.39 is 15.9 Å². The van der Waals surface area contributed by atoms with Crippen LogP contribution in [0.15, 0.2) is 29.2 Å². The van der Waals surface area contributed by atoms with Crippen LogP contribution in [0.4, 0.5) is 0 Å². The van der Waals surface area contributed by atoms with Crippen molar-refractivity contribution in [3.05, 3.63) is 41.2 Å². The lowest BCUT2D eigenvalue weighted by Crippen LogP contribution is -2.40. The van der Waals surface area contributed by atoms with Crippen molar-refractivity contribution >= 4 is 15.9 Å². The first-order valence-corrected chi connectivity index (χ1v) is 9.62. The summed E-state index contributed by atoms with van der Waals surface area (Å²) < 4.78 is 38.8. The van der Waals surface area contributed by atoms with Gasteiger partial charge in [-0.15, -0.1) is 0 Å². The Morgan fingerprint density at radius 3 is 2.46 bits per heavy atom. The fourth-order valence-corrected chi connectivity index (χ4v) is 4.33. The number of hydrogen-bond acceptors (Lipinski definition) is 6. The Morgan fingerprint density at radius 1 is 1.19 bits per heavy atom. The molecular formula is C17H21N3O5S. The molecule has 3 rings (SSSR count). The second-order valence-electron chi connectivity index (χ2n) is 6.02. The van der Waals surface area contributed by atoms with Gasteiger partial charge in [-0.1, -0.05) is 0 Å². The highest BCUT2D eigenvalue weighted by Gasteiger charge is 2.28. The van der Waals surface area contributed by atoms with E-state index in [1.54, 1.807) is 19.9 Å². The van der Waals surface area contributed by atoms with Gasteiger partial charge < -0.3 is 9.47 Å². The molecule has 1 aliphatic rings. The SMILES string of the molecule is COc1ccc(S(=O)(=O)N2CCOCC2)cc1C(=O)n1nc(C)cc1C. The van der Waals surface area contributed by atoms with Crippen LogP contribution in [0, 0.1) is 13.8 Å². The van der Waals surface area contributed by atoms with Crippen LogP contribution in [-0.2, 0) is 14.8 Å². The van der Waals surface area contributed by atoms with Crippen molar-refractivity contribution < 1.29 is 22.7 Å². The standard InChI is InChI=1S/C17H21N3O5S/c1-12-10-13(2)20(18-12)17(21)15-11-14(4-5-16(15)24-3)26(22,23)19-6-8-25-9-7-19/h4-5,10-11H,6-9H2,1-3H3. The molecule has 0 N–H and O–H groups in total. The zero-order valence-corrected chi connectivity index (χ0v) is 15.7. The maximum absolute atomic E-state index is 12.9. The number of hydrogen-bond donors (Lipinski definition) is 0. The van der Waals surface area contributed by atoms with Crippen molar-refractivity contribution in [2.45, 2.75) is 18.7 Å². The minimum atomic E-state index is -3.71. The van der Waals surface area contributed by atoms with Gasteiger partial charge in [-0.3, -0.25) is 4.79 Å². The number of ether oxygens (including phenoxy) is 2. The topological polar surface area (TPSA) is 90.7 Å². The van der Waals surface area contributed by atoms with Gasteiger partial charge in [0.05, 0.1) is 36.5 Å². The molecule has 0 unspecified atom stereocenters. The van der Waals surface area contributed by atoms with Gasteiger partial charge in [0.2, 0.25) is 10.0 Å². The van der Waals surface area contributed by atoms with Gasteiger partial charge in [-0.2, -0.15) is 9.40 Å². The van der Waals surface area contributed by atoms with Crippen molar-refractivity contribution in [2.75, 3.05) is 33.4 Å². The normalized spacial score (nSPS) is 15.8. The molecule has 0 saturated carbocycles. The van der Waals surface area contributed by atoms with Crippen LogP contribution in [-0.4, -0.2) is 61.8 Å². The second-order valence-corrected chi connectivity index (χ2v) is 7.96. The number of aryl methyl sites for hydroxylation is 2. The number of carbonyl (C=O) groups excluding carboxylic acids is 1. The summed E-state index contributed by atoms with van der Waals surface area (Å²) in [4.78, 5) is 13.0. The number of nitrogens with zero attached hydrogens (tertiary/aromatic N) is 3. The molecule has 0 atom stereocenters. The number of sulfonamides is 1. The zero-order chi connectivity index (χ0) is 18.9. The lowest BCUT2D eigenvalue weighted by atomic mass is 10.2. The Bertz CT molecular complexity index is 930. The third kappa shape index (κ3) is 3.37. The predicted molar refractivity (Wildman–Crippen MR) is 94.0 cm³/mol. The Hall–Kier alpha value is -2.23. The van der Waals surface area contributed by atoms with E-state index in [0.717, 1.165) is 0 Å². The van der Waals surface area contributed by atoms with E-state index in [2.05, 4.69) is 5.10 Å². The molecule has 140 valence electrons. The summed E-state index contributed by atoms with van der Waals surface area (Å²) in [5, 5.41) is 4.18. The van der Waals surface area contributed by atoms with Crippen molar-refractivity contribution in [2.24, 2.45) is 0 Å². The summed E-state index contributed by atoms with van der Waals surface area (Å²) in [6, 6.07) is 6.06. The molecule has 0 aliphatic carbocycles. The minimum Gasteiger partial charge on any atom is -0.496 e. The minimum absolute atomic E-state index is 0.0464. The number of methoxy groups -OCH3 is 1. The van der Waals surface area contributed by atoms with Crippen LogP contribution in [0.2, 0.25) is 0 Å². The third-order valence-corrected chi connectivity index (χ3v) is 6.11. The van der Waals surface area contributed by atoms with Gasteiger partial charge in [0, 0.05) is 18.8 Å². The summed E-state index contributed by atoms with van der Waals surface area (Å²) >= 11 is 0. The maximum atomic E-state index is 12.9. The van der Waals surface area contributed by atoms with Gasteiger partial charge >= 0.3 is 0 Å². The molecule has 2 heterocycles. The quantitative estimate of drug-likeness (QED) is 0.793. The summed E-state index contributed by atoms with van der Waals surface area (Å²) in [7, 11) is -2.28. The first-order valence-electron chi connectivity index (χ1n) is 8.18. The van der Waals surface area contributed by atoms with Gasteiger partial charge in [0.15, 0.2) is 0 Å². The molecule has 1 aromatic carbocycles. The van der Waals surface area contributed by atoms with Crippen LogP contribution in [0.25, 0.3) is 0 Å². The molecule has 1 saturated heterocycles. The summed E-state index contributed by atoms with van der Waals surface area (Å²) in [5.41, 5.74) is 1.51. The molecule has 2 aromatic rings. The van der Waals surface area contributed by atoms with Crippen LogP contribution in [0.1, 0.15) is 21.7 Å². The molecule has 26 heavy (non-hydrogen) atoms. The van der Waals surface area contributed by atoms with Gasteiger partial charge in [-0.05, 0) is 38.1 Å². The Balaban J connectivity index is 2.04. The van der Waals surface area contributed by atoms with E-state index in [4.69, 9.17) is 9.47 Å². The van der Waals surface area contributed by atoms with Crippen LogP contribution >= 0.6 is 0 Å². The molecule has 0 bridgehead atoms. The largest absolute Gasteiger partial charge is 0.496 e. The summed E-state index contributed by atoms with van der Waals surface area (Å²) in [5.74, 6) is -0.144. The lowest BCUT2D eigenvalue weighted by molar-refractivity contribution is 0.0730. The fourth-order valence-electron chi connectivity index (χ4n) is 2.90. The summed E-state index contributed by atoms with van der Waals surface area (Å²) in [6.07, 6.45) is 0. The molecular weight excluding hydrogens is 358 g/mol. The van der Waals surface area contributed by atoms with E-state index in [-0.39, 0.29) is 23.5 Å². The van der Waals surface area contributed by atoms with Crippen LogP contribution < -0.4 is 4.74 Å². The van der Waals surface area contributed by atoms with Crippen LogP contribution in [0.3, 0.4) is 0 Å². The molecule has 8 nitrogen and oxygen atoms in total. The van der Waals surface area contributed by atoms with Crippen molar-refractivity contribution in [1.82, 2.24) is 14.1 Å². The highest BCUT2D eigenvalue weighted by Crippen LogP contribution is 2.26. The van der Waals surface area contributed by atoms with Gasteiger partial charge in [-0.25, -0.2) is 13.1 Å². The van der Waals surface area contributed by atoms with E-state index in [0.29, 0.717) is 30.4 Å². The highest BCUT2D eigenvalue weighted by molar-refractivity contribution is 7.89. The zero-order valence-electron chi connectivity index (χ0n) is 14.9. The van der Waals surface area contributed by atoms with E-state index in [1.165, 1.54) is 34.3 Å². The van der Waals surface area contributed by atoms with Gasteiger partial charge in [0.25, 0.3) is 5.91 Å². The van der Waals surface area contributed by atoms with Crippen molar-refractivity contribution in [3.8, 4) is 5.75 Å². The van der Waals surface area contributed by atoms with Crippen molar-refractivity contribution in [1.29, 1.82) is 0 Å². The first kappa shape index (κ1) is 18.6. The average Bonchev–Trinajstić information content (AvgIpc) is 2.99. The fraction of sp³-hybridized carbons (Fsp3) is 0.412. The third-order valence-electron chi connectivity index (χ3n) is 4.21. The molecule has 1 fully saturated rings. The highest BCUT2D eigenvalue weighted by atomic mass is 32.2. The number of aromatic nitrogens is 2. The molecule has 1 aromatic heterocycles. The molecule has 1 aliphatic heterocycles. The van der Waals surface area contributed by atoms with E-state index >= 15 is 0 Å². The molecule has 0 radical (unpaired) electrons. The number of carbonyl (C=O) groups is 1. The van der Waals surface area contributed by atoms with Crippen molar-refractivity contribution in [3.63, 3.8) is 0 Å². The smallest absolute Gasteiger partial charge is 0.282 e. The Labute approximate surface area is 152 Å². The lowest BCUT2D eigenvalue weighted by Gasteiger charge is -2.26. The van der Waals surface area contributed by atoms with Crippen LogP contribution in [0.5, 0.6) is 5.75 Å². The number of rotatable bonds is 4.